The molecule has 1 fully saturated rings. The molecular weight excluding hydrogens is 895 g/mol. The maximum Gasteiger partial charge on any atom is 0.249 e. The Morgan fingerprint density at radius 2 is 0.845 bits per heavy atom. The van der Waals surface area contributed by atoms with Crippen molar-refractivity contribution in [1.29, 1.82) is 0 Å². The summed E-state index contributed by atoms with van der Waals surface area (Å²) in [6.07, 6.45) is 49.1. The lowest BCUT2D eigenvalue weighted by atomic mass is 9.98. The Morgan fingerprint density at radius 3 is 1.25 bits per heavy atom. The number of aliphatic hydroxyl groups is 7. The molecule has 1 aliphatic rings. The van der Waals surface area contributed by atoms with E-state index in [1.54, 1.807) is 0 Å². The molecule has 0 saturated carbocycles. The molecule has 0 aromatic rings. The number of carbonyl (C=O) groups is 1. The first-order valence-electron chi connectivity index (χ1n) is 29.9. The van der Waals surface area contributed by atoms with Gasteiger partial charge in [0.2, 0.25) is 5.91 Å². The van der Waals surface area contributed by atoms with Crippen LogP contribution in [0.1, 0.15) is 271 Å². The van der Waals surface area contributed by atoms with Crippen molar-refractivity contribution in [2.45, 2.75) is 326 Å². The third kappa shape index (κ3) is 37.7. The number of rotatable bonds is 51. The molecule has 418 valence electrons. The average molecular weight is 1010 g/mol. The van der Waals surface area contributed by atoms with Crippen molar-refractivity contribution in [2.24, 2.45) is 0 Å². The highest BCUT2D eigenvalue weighted by molar-refractivity contribution is 5.80. The Hall–Kier alpha value is -1.67. The Morgan fingerprint density at radius 1 is 0.479 bits per heavy atom. The van der Waals surface area contributed by atoms with Crippen molar-refractivity contribution in [3.05, 3.63) is 36.5 Å². The van der Waals surface area contributed by atoms with Crippen molar-refractivity contribution >= 4 is 5.91 Å². The Labute approximate surface area is 435 Å². The summed E-state index contributed by atoms with van der Waals surface area (Å²) in [5.41, 5.74) is 0. The summed E-state index contributed by atoms with van der Waals surface area (Å²) in [5.74, 6) is -0.712. The van der Waals surface area contributed by atoms with Crippen LogP contribution in [0.4, 0.5) is 0 Å². The predicted molar refractivity (Wildman–Crippen MR) is 293 cm³/mol. The fourth-order valence-electron chi connectivity index (χ4n) is 9.51. The molecule has 9 unspecified atom stereocenters. The van der Waals surface area contributed by atoms with Gasteiger partial charge in [-0.2, -0.15) is 0 Å². The van der Waals surface area contributed by atoms with Gasteiger partial charge in [0.1, 0.15) is 36.6 Å². The first kappa shape index (κ1) is 67.3. The molecule has 1 saturated heterocycles. The van der Waals surface area contributed by atoms with Crippen LogP contribution in [0.3, 0.4) is 0 Å². The molecule has 0 spiro atoms. The molecule has 71 heavy (non-hydrogen) atoms. The first-order chi connectivity index (χ1) is 34.7. The topological polar surface area (TPSA) is 189 Å². The van der Waals surface area contributed by atoms with Gasteiger partial charge in [-0.3, -0.25) is 4.79 Å². The average Bonchev–Trinajstić information content (AvgIpc) is 3.37. The second kappa shape index (κ2) is 49.2. The maximum absolute atomic E-state index is 13.2. The van der Waals surface area contributed by atoms with Crippen LogP contribution in [0.5, 0.6) is 0 Å². The predicted octanol–water partition coefficient (Wildman–Crippen LogP) is 12.7. The smallest absolute Gasteiger partial charge is 0.249 e. The molecule has 0 radical (unpaired) electrons. The minimum absolute atomic E-state index is 0.246. The van der Waals surface area contributed by atoms with Crippen molar-refractivity contribution in [1.82, 2.24) is 5.32 Å². The SMILES string of the molecule is CCCCCCCCCCCCCC/C=C\CCCCCCCCCC(O)C(=O)NC(COC1OC(CO)C(O)C(O)C1O)C(O)C(O)CCC/C=C/CC/C=C/CCCCCCCCCCCCCC. The minimum Gasteiger partial charge on any atom is -0.394 e. The Balaban J connectivity index is 2.34. The summed E-state index contributed by atoms with van der Waals surface area (Å²) >= 11 is 0. The van der Waals surface area contributed by atoms with Crippen LogP contribution in [0.2, 0.25) is 0 Å². The molecule has 11 nitrogen and oxygen atoms in total. The summed E-state index contributed by atoms with van der Waals surface area (Å²) < 4.78 is 11.1. The van der Waals surface area contributed by atoms with Crippen LogP contribution in [-0.4, -0.2) is 110 Å². The van der Waals surface area contributed by atoms with Gasteiger partial charge in [-0.25, -0.2) is 0 Å². The number of aliphatic hydroxyl groups excluding tert-OH is 7. The fourth-order valence-corrected chi connectivity index (χ4v) is 9.51. The normalized spacial score (nSPS) is 20.4. The van der Waals surface area contributed by atoms with Gasteiger partial charge in [0.05, 0.1) is 25.4 Å². The van der Waals surface area contributed by atoms with Crippen LogP contribution in [-0.2, 0) is 14.3 Å². The third-order valence-corrected chi connectivity index (χ3v) is 14.4. The van der Waals surface area contributed by atoms with Gasteiger partial charge in [-0.15, -0.1) is 0 Å². The number of ether oxygens (including phenoxy) is 2. The Bertz CT molecular complexity index is 1250. The van der Waals surface area contributed by atoms with Gasteiger partial charge in [-0.05, 0) is 77.0 Å². The first-order valence-corrected chi connectivity index (χ1v) is 29.9. The second-order valence-corrected chi connectivity index (χ2v) is 21.0. The second-order valence-electron chi connectivity index (χ2n) is 21.0. The van der Waals surface area contributed by atoms with Crippen molar-refractivity contribution in [3.63, 3.8) is 0 Å². The molecule has 1 amide bonds. The van der Waals surface area contributed by atoms with Gasteiger partial charge in [0, 0.05) is 0 Å². The van der Waals surface area contributed by atoms with Gasteiger partial charge in [0.15, 0.2) is 6.29 Å². The van der Waals surface area contributed by atoms with E-state index < -0.39 is 74.2 Å². The highest BCUT2D eigenvalue weighted by atomic mass is 16.7. The molecular formula is C60H113NO10. The summed E-state index contributed by atoms with van der Waals surface area (Å²) in [5, 5.41) is 76.1. The molecule has 8 N–H and O–H groups in total. The number of carbonyl (C=O) groups excluding carboxylic acids is 1. The molecule has 1 aliphatic heterocycles. The highest BCUT2D eigenvalue weighted by Crippen LogP contribution is 2.23. The monoisotopic (exact) mass is 1010 g/mol. The van der Waals surface area contributed by atoms with Gasteiger partial charge in [0.25, 0.3) is 0 Å². The van der Waals surface area contributed by atoms with Gasteiger partial charge >= 0.3 is 0 Å². The summed E-state index contributed by atoms with van der Waals surface area (Å²) in [4.78, 5) is 13.2. The molecule has 0 bridgehead atoms. The van der Waals surface area contributed by atoms with Crippen molar-refractivity contribution < 1.29 is 50.0 Å². The van der Waals surface area contributed by atoms with Crippen LogP contribution >= 0.6 is 0 Å². The van der Waals surface area contributed by atoms with E-state index in [0.717, 1.165) is 44.9 Å². The van der Waals surface area contributed by atoms with Gasteiger partial charge in [-0.1, -0.05) is 230 Å². The number of amides is 1. The number of hydrogen-bond acceptors (Lipinski definition) is 10. The van der Waals surface area contributed by atoms with Crippen LogP contribution in [0, 0.1) is 0 Å². The fraction of sp³-hybridized carbons (Fsp3) is 0.883. The van der Waals surface area contributed by atoms with E-state index in [1.165, 1.54) is 180 Å². The van der Waals surface area contributed by atoms with Crippen molar-refractivity contribution in [2.75, 3.05) is 13.2 Å². The third-order valence-electron chi connectivity index (χ3n) is 14.4. The van der Waals surface area contributed by atoms with E-state index in [-0.39, 0.29) is 12.8 Å². The lowest BCUT2D eigenvalue weighted by Crippen LogP contribution is -2.60. The van der Waals surface area contributed by atoms with E-state index in [9.17, 15) is 40.5 Å². The van der Waals surface area contributed by atoms with Crippen LogP contribution < -0.4 is 5.32 Å². The molecule has 0 aromatic heterocycles. The zero-order valence-electron chi connectivity index (χ0n) is 45.7. The highest BCUT2D eigenvalue weighted by Gasteiger charge is 2.44. The lowest BCUT2D eigenvalue weighted by Gasteiger charge is -2.40. The zero-order valence-corrected chi connectivity index (χ0v) is 45.7. The number of hydrogen-bond donors (Lipinski definition) is 8. The summed E-state index contributed by atoms with van der Waals surface area (Å²) in [6.45, 7) is 3.46. The van der Waals surface area contributed by atoms with E-state index in [0.29, 0.717) is 19.3 Å². The number of unbranched alkanes of at least 4 members (excludes halogenated alkanes) is 33. The lowest BCUT2D eigenvalue weighted by molar-refractivity contribution is -0.303. The van der Waals surface area contributed by atoms with E-state index in [2.05, 4.69) is 55.6 Å². The molecule has 11 heteroatoms. The van der Waals surface area contributed by atoms with Gasteiger partial charge < -0.3 is 50.5 Å². The maximum atomic E-state index is 13.2. The van der Waals surface area contributed by atoms with E-state index in [1.807, 2.05) is 0 Å². The molecule has 9 atom stereocenters. The van der Waals surface area contributed by atoms with E-state index in [4.69, 9.17) is 9.47 Å². The number of nitrogens with one attached hydrogen (secondary N) is 1. The summed E-state index contributed by atoms with van der Waals surface area (Å²) in [7, 11) is 0. The minimum atomic E-state index is -1.67. The molecule has 0 aromatic carbocycles. The van der Waals surface area contributed by atoms with Crippen LogP contribution in [0.15, 0.2) is 36.5 Å². The molecule has 0 aliphatic carbocycles. The standard InChI is InChI=1S/C60H113NO10/c1-3-5-7-9-11-13-15-17-19-21-23-25-26-28-30-32-34-36-38-40-42-44-46-48-53(64)59(69)61-51(50-70-60-58(68)57(67)56(66)54(49-62)71-60)55(65)52(63)47-45-43-41-39-37-35-33-31-29-27-24-22-20-18-16-14-12-10-8-6-4-2/h28,30-31,33,39,41,51-58,60,62-68H,3-27,29,32,34-38,40,42-50H2,1-2H3,(H,61,69)/b30-28-,33-31+,41-39+. The largest absolute Gasteiger partial charge is 0.394 e. The van der Waals surface area contributed by atoms with Crippen LogP contribution in [0.25, 0.3) is 0 Å². The number of allylic oxidation sites excluding steroid dienone is 6. The Kier molecular flexibility index (Phi) is 46.7. The molecule has 1 rings (SSSR count). The van der Waals surface area contributed by atoms with Crippen molar-refractivity contribution in [3.8, 4) is 0 Å². The zero-order chi connectivity index (χ0) is 51.8. The molecule has 1 heterocycles. The summed E-state index contributed by atoms with van der Waals surface area (Å²) in [6, 6.07) is -1.19. The van der Waals surface area contributed by atoms with E-state index >= 15 is 0 Å². The quantitative estimate of drug-likeness (QED) is 0.0215.